The van der Waals surface area contributed by atoms with E-state index in [4.69, 9.17) is 0 Å². The summed E-state index contributed by atoms with van der Waals surface area (Å²) >= 11 is 0. The second kappa shape index (κ2) is 7.24. The first kappa shape index (κ1) is 15.6. The first-order valence-electron chi connectivity index (χ1n) is 6.96. The van der Waals surface area contributed by atoms with E-state index in [0.717, 1.165) is 18.4 Å². The first-order chi connectivity index (χ1) is 8.99. The van der Waals surface area contributed by atoms with Gasteiger partial charge in [0.05, 0.1) is 4.92 Å². The molecule has 0 radical (unpaired) electrons. The molecule has 4 nitrogen and oxygen atoms in total. The fourth-order valence-corrected chi connectivity index (χ4v) is 2.40. The average molecular weight is 264 g/mol. The highest BCUT2D eigenvalue weighted by Gasteiger charge is 2.14. The summed E-state index contributed by atoms with van der Waals surface area (Å²) in [5, 5.41) is 14.4. The van der Waals surface area contributed by atoms with Gasteiger partial charge in [-0.2, -0.15) is 0 Å². The molecule has 0 spiro atoms. The number of aryl methyl sites for hydroxylation is 1. The largest absolute Gasteiger partial charge is 0.310 e. The van der Waals surface area contributed by atoms with Crippen LogP contribution in [0.3, 0.4) is 0 Å². The van der Waals surface area contributed by atoms with Crippen molar-refractivity contribution >= 4 is 5.69 Å². The van der Waals surface area contributed by atoms with Gasteiger partial charge in [-0.05, 0) is 25.3 Å². The Hall–Kier alpha value is -1.42. The van der Waals surface area contributed by atoms with Crippen molar-refractivity contribution in [2.24, 2.45) is 5.92 Å². The molecule has 1 aromatic carbocycles. The Labute approximate surface area is 115 Å². The number of nitro groups is 1. The van der Waals surface area contributed by atoms with E-state index in [9.17, 15) is 10.1 Å². The van der Waals surface area contributed by atoms with Crippen LogP contribution in [0, 0.1) is 23.0 Å². The first-order valence-corrected chi connectivity index (χ1v) is 6.96. The highest BCUT2D eigenvalue weighted by atomic mass is 16.6. The summed E-state index contributed by atoms with van der Waals surface area (Å²) in [6.45, 7) is 9.02. The van der Waals surface area contributed by atoms with Crippen molar-refractivity contribution in [3.05, 3.63) is 39.4 Å². The lowest BCUT2D eigenvalue weighted by Crippen LogP contribution is -2.32. The summed E-state index contributed by atoms with van der Waals surface area (Å²) in [6.07, 6.45) is 2.30. The highest BCUT2D eigenvalue weighted by molar-refractivity contribution is 5.42. The van der Waals surface area contributed by atoms with Crippen LogP contribution in [-0.4, -0.2) is 11.0 Å². The van der Waals surface area contributed by atoms with Gasteiger partial charge in [0.25, 0.3) is 5.69 Å². The molecule has 0 aliphatic carbocycles. The molecule has 0 heterocycles. The van der Waals surface area contributed by atoms with Crippen LogP contribution in [-0.2, 0) is 6.54 Å². The van der Waals surface area contributed by atoms with Gasteiger partial charge in [0.1, 0.15) is 0 Å². The maximum Gasteiger partial charge on any atom is 0.272 e. The second-order valence-corrected chi connectivity index (χ2v) is 5.12. The van der Waals surface area contributed by atoms with E-state index in [-0.39, 0.29) is 10.6 Å². The summed E-state index contributed by atoms with van der Waals surface area (Å²) < 4.78 is 0. The minimum Gasteiger partial charge on any atom is -0.310 e. The summed E-state index contributed by atoms with van der Waals surface area (Å²) in [5.41, 5.74) is 1.88. The van der Waals surface area contributed by atoms with E-state index in [2.05, 4.69) is 26.1 Å². The minimum atomic E-state index is -0.316. The third-order valence-electron chi connectivity index (χ3n) is 3.85. The number of nitro benzene ring substituents is 1. The molecule has 0 aliphatic rings. The number of benzene rings is 1. The van der Waals surface area contributed by atoms with Crippen molar-refractivity contribution in [2.45, 2.75) is 53.1 Å². The molecule has 1 unspecified atom stereocenters. The van der Waals surface area contributed by atoms with Crippen LogP contribution in [0.5, 0.6) is 0 Å². The van der Waals surface area contributed by atoms with Crippen LogP contribution >= 0.6 is 0 Å². The van der Waals surface area contributed by atoms with E-state index in [0.29, 0.717) is 24.1 Å². The van der Waals surface area contributed by atoms with Gasteiger partial charge in [-0.1, -0.05) is 38.8 Å². The predicted molar refractivity (Wildman–Crippen MR) is 78.2 cm³/mol. The maximum absolute atomic E-state index is 10.9. The van der Waals surface area contributed by atoms with Crippen LogP contribution in [0.15, 0.2) is 18.2 Å². The van der Waals surface area contributed by atoms with Crippen LogP contribution in [0.1, 0.15) is 44.7 Å². The molecule has 1 aromatic rings. The SMILES string of the molecule is CCC(CC)C(C)NCc1ccc(C)c([N+](=O)[O-])c1. The molecule has 106 valence electrons. The third-order valence-corrected chi connectivity index (χ3v) is 3.85. The van der Waals surface area contributed by atoms with Crippen LogP contribution in [0.2, 0.25) is 0 Å². The lowest BCUT2D eigenvalue weighted by Gasteiger charge is -2.22. The Morgan fingerprint density at radius 3 is 2.47 bits per heavy atom. The molecular weight excluding hydrogens is 240 g/mol. The number of nitrogens with one attached hydrogen (secondary N) is 1. The number of hydrogen-bond acceptors (Lipinski definition) is 3. The van der Waals surface area contributed by atoms with Gasteiger partial charge in [-0.3, -0.25) is 10.1 Å². The van der Waals surface area contributed by atoms with Gasteiger partial charge >= 0.3 is 0 Å². The second-order valence-electron chi connectivity index (χ2n) is 5.12. The molecule has 0 aromatic heterocycles. The topological polar surface area (TPSA) is 55.2 Å². The van der Waals surface area contributed by atoms with Crippen LogP contribution < -0.4 is 5.32 Å². The molecule has 4 heteroatoms. The fourth-order valence-electron chi connectivity index (χ4n) is 2.40. The smallest absolute Gasteiger partial charge is 0.272 e. The zero-order chi connectivity index (χ0) is 14.4. The molecular formula is C15H24N2O2. The van der Waals surface area contributed by atoms with Gasteiger partial charge < -0.3 is 5.32 Å². The Balaban J connectivity index is 2.68. The van der Waals surface area contributed by atoms with E-state index < -0.39 is 0 Å². The molecule has 1 atom stereocenters. The summed E-state index contributed by atoms with van der Waals surface area (Å²) in [6, 6.07) is 5.86. The number of nitrogens with zero attached hydrogens (tertiary/aromatic N) is 1. The lowest BCUT2D eigenvalue weighted by atomic mass is 9.95. The normalized spacial score (nSPS) is 12.7. The third kappa shape index (κ3) is 4.31. The monoisotopic (exact) mass is 264 g/mol. The zero-order valence-electron chi connectivity index (χ0n) is 12.3. The number of hydrogen-bond donors (Lipinski definition) is 1. The van der Waals surface area contributed by atoms with Crippen molar-refractivity contribution in [1.82, 2.24) is 5.32 Å². The van der Waals surface area contributed by atoms with Crippen LogP contribution in [0.25, 0.3) is 0 Å². The fraction of sp³-hybridized carbons (Fsp3) is 0.600. The summed E-state index contributed by atoms with van der Waals surface area (Å²) in [4.78, 5) is 10.6. The quantitative estimate of drug-likeness (QED) is 0.601. The lowest BCUT2D eigenvalue weighted by molar-refractivity contribution is -0.385. The van der Waals surface area contributed by atoms with Gasteiger partial charge in [0.15, 0.2) is 0 Å². The average Bonchev–Trinajstić information content (AvgIpc) is 2.38. The molecule has 1 N–H and O–H groups in total. The molecule has 0 saturated carbocycles. The Morgan fingerprint density at radius 2 is 1.95 bits per heavy atom. The molecule has 0 amide bonds. The molecule has 0 fully saturated rings. The molecule has 19 heavy (non-hydrogen) atoms. The van der Waals surface area contributed by atoms with Crippen LogP contribution in [0.4, 0.5) is 5.69 Å². The highest BCUT2D eigenvalue weighted by Crippen LogP contribution is 2.20. The van der Waals surface area contributed by atoms with Gasteiger partial charge in [-0.15, -0.1) is 0 Å². The van der Waals surface area contributed by atoms with Gasteiger partial charge in [-0.25, -0.2) is 0 Å². The van der Waals surface area contributed by atoms with E-state index in [1.165, 1.54) is 0 Å². The van der Waals surface area contributed by atoms with Crippen molar-refractivity contribution in [2.75, 3.05) is 0 Å². The Kier molecular flexibility index (Phi) is 5.96. The maximum atomic E-state index is 10.9. The van der Waals surface area contributed by atoms with Gasteiger partial charge in [0, 0.05) is 24.2 Å². The minimum absolute atomic E-state index is 0.203. The summed E-state index contributed by atoms with van der Waals surface area (Å²) in [7, 11) is 0. The van der Waals surface area contributed by atoms with Crippen molar-refractivity contribution < 1.29 is 4.92 Å². The van der Waals surface area contributed by atoms with Crippen molar-refractivity contribution in [3.8, 4) is 0 Å². The summed E-state index contributed by atoms with van der Waals surface area (Å²) in [5.74, 6) is 0.653. The molecule has 1 rings (SSSR count). The molecule has 0 aliphatic heterocycles. The standard InChI is InChI=1S/C15H24N2O2/c1-5-14(6-2)12(4)16-10-13-8-7-11(3)15(9-13)17(18)19/h7-9,12,14,16H,5-6,10H2,1-4H3. The number of rotatable bonds is 7. The van der Waals surface area contributed by atoms with E-state index >= 15 is 0 Å². The Bertz CT molecular complexity index is 428. The van der Waals surface area contributed by atoms with E-state index in [1.807, 2.05) is 12.1 Å². The van der Waals surface area contributed by atoms with Crippen molar-refractivity contribution in [1.29, 1.82) is 0 Å². The molecule has 0 bridgehead atoms. The molecule has 0 saturated heterocycles. The zero-order valence-corrected chi connectivity index (χ0v) is 12.3. The van der Waals surface area contributed by atoms with E-state index in [1.54, 1.807) is 13.0 Å². The predicted octanol–water partition coefficient (Wildman–Crippen LogP) is 3.82. The van der Waals surface area contributed by atoms with Crippen molar-refractivity contribution in [3.63, 3.8) is 0 Å². The Morgan fingerprint density at radius 1 is 1.32 bits per heavy atom. The van der Waals surface area contributed by atoms with Gasteiger partial charge in [0.2, 0.25) is 0 Å².